The van der Waals surface area contributed by atoms with Crippen LogP contribution in [0.2, 0.25) is 0 Å². The van der Waals surface area contributed by atoms with Gasteiger partial charge in [0.15, 0.2) is 0 Å². The molecule has 2 aliphatic heterocycles. The average Bonchev–Trinajstić information content (AvgIpc) is 3.26. The molecule has 0 saturated carbocycles. The molecule has 2 aliphatic rings. The van der Waals surface area contributed by atoms with E-state index < -0.39 is 0 Å². The average molecular weight is 371 g/mol. The lowest BCUT2D eigenvalue weighted by atomic mass is 10.1. The zero-order valence-electron chi connectivity index (χ0n) is 13.6. The lowest BCUT2D eigenvalue weighted by Crippen LogP contribution is -2.48. The van der Waals surface area contributed by atoms with Crippen molar-refractivity contribution in [3.63, 3.8) is 0 Å². The number of piperazine rings is 1. The minimum atomic E-state index is 0.370. The van der Waals surface area contributed by atoms with Crippen LogP contribution in [0.1, 0.15) is 37.0 Å². The quantitative estimate of drug-likeness (QED) is 0.532. The SMILES string of the molecule is O=C(CCCCC1CCSS1)N1CCN(Cc2cccs2)CC1. The number of amides is 1. The molecule has 2 saturated heterocycles. The number of carbonyl (C=O) groups is 1. The van der Waals surface area contributed by atoms with E-state index in [9.17, 15) is 4.79 Å². The Labute approximate surface area is 151 Å². The van der Waals surface area contributed by atoms with Crippen LogP contribution < -0.4 is 0 Å². The number of thiophene rings is 1. The highest BCUT2D eigenvalue weighted by Crippen LogP contribution is 2.39. The molecule has 1 aromatic heterocycles. The van der Waals surface area contributed by atoms with Gasteiger partial charge in [-0.25, -0.2) is 0 Å². The molecule has 0 spiro atoms. The van der Waals surface area contributed by atoms with Crippen molar-refractivity contribution in [2.24, 2.45) is 0 Å². The predicted octanol–water partition coefficient (Wildman–Crippen LogP) is 4.11. The standard InChI is InChI=1S/C17H26N2OS3/c20-17(6-2-1-4-15-7-13-22-23-15)19-10-8-18(9-11-19)14-16-5-3-12-21-16/h3,5,12,15H,1-2,4,6-11,13-14H2. The number of rotatable bonds is 7. The van der Waals surface area contributed by atoms with Gasteiger partial charge < -0.3 is 4.90 Å². The highest BCUT2D eigenvalue weighted by atomic mass is 33.1. The van der Waals surface area contributed by atoms with E-state index in [2.05, 4.69) is 27.3 Å². The molecule has 0 N–H and O–H groups in total. The van der Waals surface area contributed by atoms with Crippen LogP contribution >= 0.6 is 32.9 Å². The van der Waals surface area contributed by atoms with Crippen molar-refractivity contribution in [3.05, 3.63) is 22.4 Å². The zero-order chi connectivity index (χ0) is 15.9. The Bertz CT molecular complexity index is 466. The maximum absolute atomic E-state index is 12.3. The Morgan fingerprint density at radius 2 is 2.09 bits per heavy atom. The highest BCUT2D eigenvalue weighted by Gasteiger charge is 2.21. The second-order valence-electron chi connectivity index (χ2n) is 6.31. The van der Waals surface area contributed by atoms with Gasteiger partial charge in [0.1, 0.15) is 0 Å². The summed E-state index contributed by atoms with van der Waals surface area (Å²) in [5.41, 5.74) is 0. The molecule has 0 bridgehead atoms. The fourth-order valence-corrected chi connectivity index (χ4v) is 6.92. The third-order valence-electron chi connectivity index (χ3n) is 4.58. The molecule has 0 aromatic carbocycles. The molecule has 1 aromatic rings. The second kappa shape index (κ2) is 9.35. The van der Waals surface area contributed by atoms with Gasteiger partial charge in [-0.05, 0) is 30.7 Å². The lowest BCUT2D eigenvalue weighted by molar-refractivity contribution is -0.133. The molecular weight excluding hydrogens is 344 g/mol. The van der Waals surface area contributed by atoms with Gasteiger partial charge in [-0.3, -0.25) is 9.69 Å². The summed E-state index contributed by atoms with van der Waals surface area (Å²) in [6.45, 7) is 4.87. The van der Waals surface area contributed by atoms with E-state index in [1.165, 1.54) is 29.9 Å². The van der Waals surface area contributed by atoms with E-state index in [1.807, 2.05) is 32.9 Å². The second-order valence-corrected chi connectivity index (χ2v) is 10.1. The molecule has 1 amide bonds. The van der Waals surface area contributed by atoms with Crippen LogP contribution in [0.4, 0.5) is 0 Å². The third kappa shape index (κ3) is 5.69. The fourth-order valence-electron chi connectivity index (χ4n) is 3.15. The smallest absolute Gasteiger partial charge is 0.222 e. The molecule has 1 atom stereocenters. The molecule has 0 aliphatic carbocycles. The van der Waals surface area contributed by atoms with Crippen molar-refractivity contribution in [3.8, 4) is 0 Å². The summed E-state index contributed by atoms with van der Waals surface area (Å²) in [5, 5.41) is 2.98. The van der Waals surface area contributed by atoms with Crippen LogP contribution in [0.3, 0.4) is 0 Å². The van der Waals surface area contributed by atoms with Gasteiger partial charge >= 0.3 is 0 Å². The van der Waals surface area contributed by atoms with E-state index in [4.69, 9.17) is 0 Å². The number of unbranched alkanes of at least 4 members (excludes halogenated alkanes) is 1. The summed E-state index contributed by atoms with van der Waals surface area (Å²) in [7, 11) is 4.06. The van der Waals surface area contributed by atoms with Crippen molar-refractivity contribution in [2.45, 2.75) is 43.9 Å². The molecule has 3 nitrogen and oxygen atoms in total. The number of hydrogen-bond acceptors (Lipinski definition) is 5. The first-order valence-electron chi connectivity index (χ1n) is 8.62. The first-order valence-corrected chi connectivity index (χ1v) is 11.9. The Hall–Kier alpha value is -0.170. The van der Waals surface area contributed by atoms with E-state index in [-0.39, 0.29) is 0 Å². The minimum absolute atomic E-state index is 0.370. The predicted molar refractivity (Wildman–Crippen MR) is 103 cm³/mol. The van der Waals surface area contributed by atoms with E-state index in [0.29, 0.717) is 5.91 Å². The van der Waals surface area contributed by atoms with Crippen LogP contribution in [0, 0.1) is 0 Å². The van der Waals surface area contributed by atoms with Gasteiger partial charge in [-0.15, -0.1) is 11.3 Å². The van der Waals surface area contributed by atoms with Crippen molar-refractivity contribution >= 4 is 38.8 Å². The van der Waals surface area contributed by atoms with Gasteiger partial charge in [0, 0.05) is 55.0 Å². The van der Waals surface area contributed by atoms with Crippen LogP contribution in [-0.2, 0) is 11.3 Å². The molecule has 3 heterocycles. The topological polar surface area (TPSA) is 23.6 Å². The van der Waals surface area contributed by atoms with Crippen molar-refractivity contribution < 1.29 is 4.79 Å². The fraction of sp³-hybridized carbons (Fsp3) is 0.706. The van der Waals surface area contributed by atoms with E-state index >= 15 is 0 Å². The Balaban J connectivity index is 1.28. The molecule has 2 fully saturated rings. The lowest BCUT2D eigenvalue weighted by Gasteiger charge is -2.34. The van der Waals surface area contributed by atoms with Crippen LogP contribution in [0.15, 0.2) is 17.5 Å². The molecule has 1 unspecified atom stereocenters. The van der Waals surface area contributed by atoms with Crippen molar-refractivity contribution in [1.29, 1.82) is 0 Å². The van der Waals surface area contributed by atoms with Gasteiger partial charge in [-0.1, -0.05) is 34.1 Å². The van der Waals surface area contributed by atoms with E-state index in [0.717, 1.165) is 50.8 Å². The number of carbonyl (C=O) groups excluding carboxylic acids is 1. The van der Waals surface area contributed by atoms with Gasteiger partial charge in [-0.2, -0.15) is 0 Å². The summed E-state index contributed by atoms with van der Waals surface area (Å²) in [6.07, 6.45) is 5.67. The molecule has 0 radical (unpaired) electrons. The number of hydrogen-bond donors (Lipinski definition) is 0. The van der Waals surface area contributed by atoms with Gasteiger partial charge in [0.05, 0.1) is 0 Å². The summed E-state index contributed by atoms with van der Waals surface area (Å²) in [6, 6.07) is 4.31. The van der Waals surface area contributed by atoms with E-state index in [1.54, 1.807) is 0 Å². The minimum Gasteiger partial charge on any atom is -0.340 e. The maximum atomic E-state index is 12.3. The molecule has 6 heteroatoms. The monoisotopic (exact) mass is 370 g/mol. The Kier molecular flexibility index (Phi) is 7.17. The number of nitrogens with zero attached hydrogens (tertiary/aromatic N) is 2. The van der Waals surface area contributed by atoms with Crippen molar-refractivity contribution in [2.75, 3.05) is 31.9 Å². The van der Waals surface area contributed by atoms with Crippen LogP contribution in [-0.4, -0.2) is 52.9 Å². The summed E-state index contributed by atoms with van der Waals surface area (Å²) >= 11 is 1.82. The third-order valence-corrected chi connectivity index (χ3v) is 8.45. The summed E-state index contributed by atoms with van der Waals surface area (Å²) in [5.74, 6) is 1.68. The maximum Gasteiger partial charge on any atom is 0.222 e. The first kappa shape index (κ1) is 17.6. The molecule has 128 valence electrons. The molecular formula is C17H26N2OS3. The Morgan fingerprint density at radius 3 is 2.78 bits per heavy atom. The van der Waals surface area contributed by atoms with Gasteiger partial charge in [0.25, 0.3) is 0 Å². The van der Waals surface area contributed by atoms with Crippen molar-refractivity contribution in [1.82, 2.24) is 9.80 Å². The largest absolute Gasteiger partial charge is 0.340 e. The van der Waals surface area contributed by atoms with Gasteiger partial charge in [0.2, 0.25) is 5.91 Å². The highest BCUT2D eigenvalue weighted by molar-refractivity contribution is 8.77. The van der Waals surface area contributed by atoms with Crippen LogP contribution in [0.5, 0.6) is 0 Å². The first-order chi connectivity index (χ1) is 11.3. The summed E-state index contributed by atoms with van der Waals surface area (Å²) in [4.78, 5) is 18.3. The molecule has 23 heavy (non-hydrogen) atoms. The normalized spacial score (nSPS) is 22.6. The zero-order valence-corrected chi connectivity index (χ0v) is 16.1. The summed E-state index contributed by atoms with van der Waals surface area (Å²) < 4.78 is 0. The molecule has 3 rings (SSSR count). The van der Waals surface area contributed by atoms with Crippen LogP contribution in [0.25, 0.3) is 0 Å². The Morgan fingerprint density at radius 1 is 1.22 bits per heavy atom.